The number of nitrogens with one attached hydrogen (secondary N) is 2. The van der Waals surface area contributed by atoms with E-state index in [9.17, 15) is 4.79 Å². The van der Waals surface area contributed by atoms with E-state index in [4.69, 9.17) is 9.47 Å². The average Bonchev–Trinajstić information content (AvgIpc) is 3.07. The second-order valence-corrected chi connectivity index (χ2v) is 4.98. The van der Waals surface area contributed by atoms with Crippen molar-refractivity contribution in [3.8, 4) is 11.5 Å². The molecule has 0 radical (unpaired) electrons. The summed E-state index contributed by atoms with van der Waals surface area (Å²) in [6.45, 7) is 0.389. The van der Waals surface area contributed by atoms with Gasteiger partial charge in [-0.25, -0.2) is 4.98 Å². The Morgan fingerprint density at radius 2 is 2.00 bits per heavy atom. The molecule has 2 N–H and O–H groups in total. The number of hydrogen-bond acceptors (Lipinski definition) is 4. The van der Waals surface area contributed by atoms with Crippen LogP contribution in [0.2, 0.25) is 0 Å². The molecule has 1 amide bonds. The molecule has 0 aliphatic rings. The normalized spacial score (nSPS) is 10.5. The predicted octanol–water partition coefficient (Wildman–Crippen LogP) is 2.51. The van der Waals surface area contributed by atoms with Crippen LogP contribution in [0.15, 0.2) is 42.7 Å². The molecule has 1 heterocycles. The van der Waals surface area contributed by atoms with Gasteiger partial charge in [0.25, 0.3) is 5.91 Å². The molecule has 23 heavy (non-hydrogen) atoms. The van der Waals surface area contributed by atoms with Crippen LogP contribution < -0.4 is 14.8 Å². The third-order valence-electron chi connectivity index (χ3n) is 3.60. The maximum atomic E-state index is 12.4. The number of aromatic nitrogens is 2. The maximum absolute atomic E-state index is 12.4. The van der Waals surface area contributed by atoms with E-state index < -0.39 is 0 Å². The van der Waals surface area contributed by atoms with Crippen molar-refractivity contribution in [2.45, 2.75) is 6.54 Å². The number of imidazole rings is 1. The van der Waals surface area contributed by atoms with Crippen LogP contribution in [0, 0.1) is 0 Å². The van der Waals surface area contributed by atoms with Gasteiger partial charge in [-0.15, -0.1) is 0 Å². The number of hydrogen-bond donors (Lipinski definition) is 2. The molecule has 0 fully saturated rings. The summed E-state index contributed by atoms with van der Waals surface area (Å²) in [6, 6.07) is 11.0. The molecule has 0 saturated carbocycles. The van der Waals surface area contributed by atoms with Crippen LogP contribution >= 0.6 is 0 Å². The van der Waals surface area contributed by atoms with E-state index in [0.717, 1.165) is 11.1 Å². The lowest BCUT2D eigenvalue weighted by Crippen LogP contribution is -2.23. The van der Waals surface area contributed by atoms with Crippen molar-refractivity contribution in [3.05, 3.63) is 53.9 Å². The zero-order chi connectivity index (χ0) is 16.2. The lowest BCUT2D eigenvalue weighted by atomic mass is 10.1. The van der Waals surface area contributed by atoms with Gasteiger partial charge in [-0.3, -0.25) is 4.79 Å². The molecule has 6 heteroatoms. The topological polar surface area (TPSA) is 76.2 Å². The Labute approximate surface area is 133 Å². The fourth-order valence-corrected chi connectivity index (χ4v) is 2.42. The lowest BCUT2D eigenvalue weighted by molar-refractivity contribution is 0.0952. The molecular formula is C17H17N3O3. The smallest absolute Gasteiger partial charge is 0.253 e. The zero-order valence-corrected chi connectivity index (χ0v) is 12.9. The Hall–Kier alpha value is -3.02. The standard InChI is InChI=1S/C17H17N3O3/c1-22-14-7-6-11(8-15(14)23-2)9-18-17(21)12-4-3-5-13-16(12)20-10-19-13/h3-8,10H,9H2,1-2H3,(H,18,21)(H,19,20). The van der Waals surface area contributed by atoms with Crippen molar-refractivity contribution in [3.63, 3.8) is 0 Å². The highest BCUT2D eigenvalue weighted by Gasteiger charge is 2.12. The Bertz CT molecular complexity index is 842. The second kappa shape index (κ2) is 6.39. The van der Waals surface area contributed by atoms with Crippen LogP contribution in [0.4, 0.5) is 0 Å². The number of ether oxygens (including phenoxy) is 2. The molecule has 118 valence electrons. The molecule has 3 rings (SSSR count). The molecule has 6 nitrogen and oxygen atoms in total. The van der Waals surface area contributed by atoms with E-state index in [1.807, 2.05) is 30.3 Å². The van der Waals surface area contributed by atoms with Gasteiger partial charge in [-0.05, 0) is 29.8 Å². The summed E-state index contributed by atoms with van der Waals surface area (Å²) in [5.41, 5.74) is 2.97. The number of aromatic amines is 1. The average molecular weight is 311 g/mol. The van der Waals surface area contributed by atoms with Crippen LogP contribution in [0.25, 0.3) is 11.0 Å². The van der Waals surface area contributed by atoms with Gasteiger partial charge in [-0.2, -0.15) is 0 Å². The third kappa shape index (κ3) is 2.96. The van der Waals surface area contributed by atoms with Crippen LogP contribution in [0.5, 0.6) is 11.5 Å². The zero-order valence-electron chi connectivity index (χ0n) is 12.9. The third-order valence-corrected chi connectivity index (χ3v) is 3.60. The van der Waals surface area contributed by atoms with Crippen LogP contribution in [0.3, 0.4) is 0 Å². The van der Waals surface area contributed by atoms with Crippen molar-refractivity contribution >= 4 is 16.9 Å². The van der Waals surface area contributed by atoms with Crippen LogP contribution in [-0.4, -0.2) is 30.1 Å². The number of nitrogens with zero attached hydrogens (tertiary/aromatic N) is 1. The highest BCUT2D eigenvalue weighted by atomic mass is 16.5. The fourth-order valence-electron chi connectivity index (χ4n) is 2.42. The van der Waals surface area contributed by atoms with E-state index in [1.165, 1.54) is 0 Å². The second-order valence-electron chi connectivity index (χ2n) is 4.98. The quantitative estimate of drug-likeness (QED) is 0.759. The minimum atomic E-state index is -0.169. The molecule has 0 aliphatic carbocycles. The van der Waals surface area contributed by atoms with Gasteiger partial charge in [-0.1, -0.05) is 12.1 Å². The van der Waals surface area contributed by atoms with Crippen molar-refractivity contribution in [2.24, 2.45) is 0 Å². The Morgan fingerprint density at radius 1 is 1.17 bits per heavy atom. The van der Waals surface area contributed by atoms with Crippen LogP contribution in [0.1, 0.15) is 15.9 Å². The summed E-state index contributed by atoms with van der Waals surface area (Å²) in [4.78, 5) is 19.6. The molecular weight excluding hydrogens is 294 g/mol. The SMILES string of the molecule is COc1ccc(CNC(=O)c2cccc3[nH]cnc23)cc1OC. The molecule has 0 aliphatic heterocycles. The van der Waals surface area contributed by atoms with Gasteiger partial charge in [0.2, 0.25) is 0 Å². The number of benzene rings is 2. The highest BCUT2D eigenvalue weighted by molar-refractivity contribution is 6.04. The number of amides is 1. The Kier molecular flexibility index (Phi) is 4.14. The molecule has 0 unspecified atom stereocenters. The molecule has 0 spiro atoms. The Morgan fingerprint density at radius 3 is 2.78 bits per heavy atom. The van der Waals surface area contributed by atoms with Gasteiger partial charge in [0, 0.05) is 6.54 Å². The summed E-state index contributed by atoms with van der Waals surface area (Å²) < 4.78 is 10.5. The number of carbonyl (C=O) groups is 1. The van der Waals surface area contributed by atoms with Gasteiger partial charge >= 0.3 is 0 Å². The molecule has 0 atom stereocenters. The van der Waals surface area contributed by atoms with Crippen LogP contribution in [-0.2, 0) is 6.54 Å². The number of methoxy groups -OCH3 is 2. The number of rotatable bonds is 5. The monoisotopic (exact) mass is 311 g/mol. The summed E-state index contributed by atoms with van der Waals surface area (Å²) >= 11 is 0. The molecule has 1 aromatic heterocycles. The lowest BCUT2D eigenvalue weighted by Gasteiger charge is -2.10. The van der Waals surface area contributed by atoms with E-state index >= 15 is 0 Å². The number of fused-ring (bicyclic) bond motifs is 1. The molecule has 0 saturated heterocycles. The largest absolute Gasteiger partial charge is 0.493 e. The Balaban J connectivity index is 1.75. The minimum absolute atomic E-state index is 0.169. The summed E-state index contributed by atoms with van der Waals surface area (Å²) in [6.07, 6.45) is 1.58. The summed E-state index contributed by atoms with van der Waals surface area (Å²) in [5.74, 6) is 1.12. The number of carbonyl (C=O) groups excluding carboxylic acids is 1. The molecule has 2 aromatic carbocycles. The first-order chi connectivity index (χ1) is 11.2. The van der Waals surface area contributed by atoms with Gasteiger partial charge in [0.05, 0.1) is 31.6 Å². The summed E-state index contributed by atoms with van der Waals surface area (Å²) in [5, 5.41) is 2.90. The van der Waals surface area contributed by atoms with Gasteiger partial charge in [0.1, 0.15) is 5.52 Å². The molecule has 0 bridgehead atoms. The highest BCUT2D eigenvalue weighted by Crippen LogP contribution is 2.27. The van der Waals surface area contributed by atoms with Crippen molar-refractivity contribution in [1.29, 1.82) is 0 Å². The first-order valence-corrected chi connectivity index (χ1v) is 7.14. The number of H-pyrrole nitrogens is 1. The van der Waals surface area contributed by atoms with Gasteiger partial charge < -0.3 is 19.8 Å². The van der Waals surface area contributed by atoms with Crippen molar-refractivity contribution < 1.29 is 14.3 Å². The van der Waals surface area contributed by atoms with Crippen molar-refractivity contribution in [1.82, 2.24) is 15.3 Å². The van der Waals surface area contributed by atoms with Gasteiger partial charge in [0.15, 0.2) is 11.5 Å². The molecule has 3 aromatic rings. The minimum Gasteiger partial charge on any atom is -0.493 e. The summed E-state index contributed by atoms with van der Waals surface area (Å²) in [7, 11) is 3.17. The van der Waals surface area contributed by atoms with E-state index in [2.05, 4.69) is 15.3 Å². The van der Waals surface area contributed by atoms with Crippen molar-refractivity contribution in [2.75, 3.05) is 14.2 Å². The first kappa shape index (κ1) is 14.9. The fraction of sp³-hybridized carbons (Fsp3) is 0.176. The number of para-hydroxylation sites is 1. The van der Waals surface area contributed by atoms with E-state index in [1.54, 1.807) is 26.6 Å². The predicted molar refractivity (Wildman–Crippen MR) is 86.8 cm³/mol. The first-order valence-electron chi connectivity index (χ1n) is 7.14. The van der Waals surface area contributed by atoms with E-state index in [-0.39, 0.29) is 5.91 Å². The maximum Gasteiger partial charge on any atom is 0.253 e. The van der Waals surface area contributed by atoms with E-state index in [0.29, 0.717) is 29.1 Å².